The van der Waals surface area contributed by atoms with Crippen LogP contribution in [0.3, 0.4) is 0 Å². The largest absolute Gasteiger partial charge is 0.371 e. The van der Waals surface area contributed by atoms with Gasteiger partial charge in [-0.15, -0.1) is 0 Å². The number of sulfonamides is 1. The van der Waals surface area contributed by atoms with Crippen LogP contribution in [-0.4, -0.2) is 45.2 Å². The Labute approximate surface area is 123 Å². The Morgan fingerprint density at radius 2 is 1.95 bits per heavy atom. The molecule has 0 bridgehead atoms. The number of hydrogen-bond donors (Lipinski definition) is 0. The summed E-state index contributed by atoms with van der Waals surface area (Å²) in [5.41, 5.74) is 1.10. The summed E-state index contributed by atoms with van der Waals surface area (Å²) in [7, 11) is -0.233. The maximum absolute atomic E-state index is 12.0. The summed E-state index contributed by atoms with van der Waals surface area (Å²) < 4.78 is 25.2. The minimum atomic E-state index is -3.33. The van der Waals surface area contributed by atoms with Gasteiger partial charge in [0.05, 0.1) is 4.90 Å². The Morgan fingerprint density at radius 1 is 1.32 bits per heavy atom. The van der Waals surface area contributed by atoms with Crippen LogP contribution in [0.5, 0.6) is 0 Å². The summed E-state index contributed by atoms with van der Waals surface area (Å²) in [5, 5.41) is 1.02. The zero-order valence-corrected chi connectivity index (χ0v) is 13.6. The minimum absolute atomic E-state index is 0.345. The summed E-state index contributed by atoms with van der Waals surface area (Å²) in [5.74, 6) is 0.685. The van der Waals surface area contributed by atoms with E-state index in [0.717, 1.165) is 24.1 Å². The zero-order chi connectivity index (χ0) is 14.0. The molecule has 1 saturated heterocycles. The first kappa shape index (κ1) is 14.8. The number of anilines is 1. The first-order chi connectivity index (χ1) is 8.95. The molecule has 0 N–H and O–H groups in total. The van der Waals surface area contributed by atoms with Gasteiger partial charge in [-0.2, -0.15) is 0 Å². The SMILES string of the molecule is CN(C)S(=O)(=O)c1ccc(N2CCC(CBr)C2)cc1. The molecular formula is C13H19BrN2O2S. The highest BCUT2D eigenvalue weighted by Crippen LogP contribution is 2.26. The summed E-state index contributed by atoms with van der Waals surface area (Å²) in [6, 6.07) is 7.16. The molecule has 1 aromatic carbocycles. The molecule has 1 aliphatic rings. The molecule has 1 unspecified atom stereocenters. The van der Waals surface area contributed by atoms with Gasteiger partial charge in [0.15, 0.2) is 0 Å². The fourth-order valence-electron chi connectivity index (χ4n) is 2.23. The molecule has 0 saturated carbocycles. The van der Waals surface area contributed by atoms with E-state index in [0.29, 0.717) is 10.8 Å². The zero-order valence-electron chi connectivity index (χ0n) is 11.2. The van der Waals surface area contributed by atoms with Crippen LogP contribution in [0.25, 0.3) is 0 Å². The highest BCUT2D eigenvalue weighted by atomic mass is 79.9. The minimum Gasteiger partial charge on any atom is -0.371 e. The average Bonchev–Trinajstić information content (AvgIpc) is 2.87. The van der Waals surface area contributed by atoms with E-state index < -0.39 is 10.0 Å². The molecule has 6 heteroatoms. The monoisotopic (exact) mass is 346 g/mol. The number of benzene rings is 1. The van der Waals surface area contributed by atoms with Crippen molar-refractivity contribution in [1.29, 1.82) is 0 Å². The Morgan fingerprint density at radius 3 is 2.42 bits per heavy atom. The van der Waals surface area contributed by atoms with Crippen molar-refractivity contribution in [3.8, 4) is 0 Å². The third-order valence-corrected chi connectivity index (χ3v) is 6.23. The molecule has 4 nitrogen and oxygen atoms in total. The molecule has 1 aromatic rings. The predicted octanol–water partition coefficient (Wildman–Crippen LogP) is 2.16. The van der Waals surface area contributed by atoms with Crippen LogP contribution in [0.4, 0.5) is 5.69 Å². The highest BCUT2D eigenvalue weighted by Gasteiger charge is 2.22. The number of halogens is 1. The van der Waals surface area contributed by atoms with Crippen molar-refractivity contribution in [3.05, 3.63) is 24.3 Å². The molecule has 1 atom stereocenters. The lowest BCUT2D eigenvalue weighted by Crippen LogP contribution is -2.23. The smallest absolute Gasteiger partial charge is 0.242 e. The standard InChI is InChI=1S/C13H19BrN2O2S/c1-15(2)19(17,18)13-5-3-12(4-6-13)16-8-7-11(9-14)10-16/h3-6,11H,7-10H2,1-2H3. The Kier molecular flexibility index (Phi) is 4.53. The van der Waals surface area contributed by atoms with Crippen LogP contribution in [0.2, 0.25) is 0 Å². The van der Waals surface area contributed by atoms with Crippen LogP contribution < -0.4 is 4.90 Å². The van der Waals surface area contributed by atoms with Gasteiger partial charge in [-0.1, -0.05) is 15.9 Å². The first-order valence-corrected chi connectivity index (χ1v) is 8.85. The van der Waals surface area contributed by atoms with E-state index in [4.69, 9.17) is 0 Å². The second kappa shape index (κ2) is 5.81. The van der Waals surface area contributed by atoms with Crippen molar-refractivity contribution in [2.45, 2.75) is 11.3 Å². The second-order valence-corrected chi connectivity index (χ2v) is 7.84. The van der Waals surface area contributed by atoms with Crippen LogP contribution in [0.15, 0.2) is 29.2 Å². The number of hydrogen-bond acceptors (Lipinski definition) is 3. The van der Waals surface area contributed by atoms with Crippen molar-refractivity contribution in [1.82, 2.24) is 4.31 Å². The molecule has 0 radical (unpaired) electrons. The number of alkyl halides is 1. The molecule has 1 fully saturated rings. The third kappa shape index (κ3) is 3.12. The van der Waals surface area contributed by atoms with E-state index >= 15 is 0 Å². The maximum atomic E-state index is 12.0. The number of rotatable bonds is 4. The lowest BCUT2D eigenvalue weighted by Gasteiger charge is -2.19. The lowest BCUT2D eigenvalue weighted by atomic mass is 10.2. The van der Waals surface area contributed by atoms with Gasteiger partial charge in [0.1, 0.15) is 0 Å². The van der Waals surface area contributed by atoms with Crippen LogP contribution in [0, 0.1) is 5.92 Å². The van der Waals surface area contributed by atoms with Crippen molar-refractivity contribution in [2.75, 3.05) is 37.4 Å². The van der Waals surface area contributed by atoms with Gasteiger partial charge in [-0.3, -0.25) is 0 Å². The van der Waals surface area contributed by atoms with Gasteiger partial charge in [-0.05, 0) is 36.6 Å². The molecule has 19 heavy (non-hydrogen) atoms. The van der Waals surface area contributed by atoms with Crippen LogP contribution >= 0.6 is 15.9 Å². The van der Waals surface area contributed by atoms with Crippen molar-refractivity contribution in [2.24, 2.45) is 5.92 Å². The summed E-state index contributed by atoms with van der Waals surface area (Å²) in [6.45, 7) is 2.07. The molecule has 0 aliphatic carbocycles. The number of nitrogens with zero attached hydrogens (tertiary/aromatic N) is 2. The molecule has 1 heterocycles. The Hall–Kier alpha value is -0.590. The predicted molar refractivity (Wildman–Crippen MR) is 81.4 cm³/mol. The molecule has 1 aliphatic heterocycles. The lowest BCUT2D eigenvalue weighted by molar-refractivity contribution is 0.521. The maximum Gasteiger partial charge on any atom is 0.242 e. The quantitative estimate of drug-likeness (QED) is 0.784. The van der Waals surface area contributed by atoms with Crippen LogP contribution in [0.1, 0.15) is 6.42 Å². The van der Waals surface area contributed by atoms with Crippen molar-refractivity contribution in [3.63, 3.8) is 0 Å². The summed E-state index contributed by atoms with van der Waals surface area (Å²) in [6.07, 6.45) is 1.18. The second-order valence-electron chi connectivity index (χ2n) is 5.04. The summed E-state index contributed by atoms with van der Waals surface area (Å²) in [4.78, 5) is 2.65. The summed E-state index contributed by atoms with van der Waals surface area (Å²) >= 11 is 3.52. The van der Waals surface area contributed by atoms with E-state index in [1.54, 1.807) is 26.2 Å². The molecule has 106 valence electrons. The fourth-order valence-corrected chi connectivity index (χ4v) is 3.66. The van der Waals surface area contributed by atoms with Gasteiger partial charge in [-0.25, -0.2) is 12.7 Å². The first-order valence-electron chi connectivity index (χ1n) is 6.28. The highest BCUT2D eigenvalue weighted by molar-refractivity contribution is 9.09. The molecular weight excluding hydrogens is 328 g/mol. The van der Waals surface area contributed by atoms with Crippen LogP contribution in [-0.2, 0) is 10.0 Å². The van der Waals surface area contributed by atoms with E-state index in [-0.39, 0.29) is 0 Å². The van der Waals surface area contributed by atoms with E-state index in [1.807, 2.05) is 12.1 Å². The normalized spacial score (nSPS) is 20.2. The van der Waals surface area contributed by atoms with Gasteiger partial charge in [0.25, 0.3) is 0 Å². The molecule has 0 spiro atoms. The average molecular weight is 347 g/mol. The third-order valence-electron chi connectivity index (χ3n) is 3.48. The van der Waals surface area contributed by atoms with E-state index in [2.05, 4.69) is 20.8 Å². The van der Waals surface area contributed by atoms with Gasteiger partial charge in [0.2, 0.25) is 10.0 Å². The Bertz CT molecular complexity index is 528. The molecule has 2 rings (SSSR count). The Balaban J connectivity index is 2.16. The topological polar surface area (TPSA) is 40.6 Å². The van der Waals surface area contributed by atoms with Gasteiger partial charge in [0, 0.05) is 38.2 Å². The van der Waals surface area contributed by atoms with Gasteiger partial charge < -0.3 is 4.90 Å². The van der Waals surface area contributed by atoms with Crippen molar-refractivity contribution < 1.29 is 8.42 Å². The fraction of sp³-hybridized carbons (Fsp3) is 0.538. The van der Waals surface area contributed by atoms with E-state index in [9.17, 15) is 8.42 Å². The van der Waals surface area contributed by atoms with E-state index in [1.165, 1.54) is 10.7 Å². The molecule has 0 aromatic heterocycles. The van der Waals surface area contributed by atoms with Gasteiger partial charge >= 0.3 is 0 Å². The molecule has 0 amide bonds. The van der Waals surface area contributed by atoms with Crippen molar-refractivity contribution >= 4 is 31.6 Å².